The summed E-state index contributed by atoms with van der Waals surface area (Å²) < 4.78 is 1.42. The molecule has 2 aromatic rings. The topological polar surface area (TPSA) is 37.8 Å². The average Bonchev–Trinajstić information content (AvgIpc) is 2.52. The van der Waals surface area contributed by atoms with Crippen LogP contribution in [0.3, 0.4) is 0 Å². The molecule has 0 bridgehead atoms. The van der Waals surface area contributed by atoms with Crippen LogP contribution in [-0.4, -0.2) is 9.55 Å². The minimum Gasteiger partial charge on any atom is -0.312 e. The van der Waals surface area contributed by atoms with Gasteiger partial charge in [-0.2, -0.15) is 0 Å². The van der Waals surface area contributed by atoms with Crippen molar-refractivity contribution in [1.29, 1.82) is 0 Å². The zero-order valence-electron chi connectivity index (χ0n) is 7.00. The van der Waals surface area contributed by atoms with Crippen LogP contribution in [0.5, 0.6) is 0 Å². The van der Waals surface area contributed by atoms with Crippen LogP contribution in [0.25, 0.3) is 5.69 Å². The first-order chi connectivity index (χ1) is 6.68. The Balaban J connectivity index is 2.63. The maximum atomic E-state index is 11.3. The summed E-state index contributed by atoms with van der Waals surface area (Å²) in [6.07, 6.45) is 3.16. The summed E-state index contributed by atoms with van der Waals surface area (Å²) in [6, 6.07) is 4.97. The van der Waals surface area contributed by atoms with Crippen LogP contribution in [0.2, 0.25) is 10.0 Å². The van der Waals surface area contributed by atoms with Crippen LogP contribution in [0.1, 0.15) is 0 Å². The minimum atomic E-state index is -0.228. The highest BCUT2D eigenvalue weighted by Crippen LogP contribution is 2.22. The number of rotatable bonds is 1. The maximum absolute atomic E-state index is 11.3. The molecule has 3 nitrogen and oxygen atoms in total. The molecular weight excluding hydrogens is 223 g/mol. The van der Waals surface area contributed by atoms with Crippen LogP contribution >= 0.6 is 23.2 Å². The monoisotopic (exact) mass is 228 g/mol. The highest BCUT2D eigenvalue weighted by Gasteiger charge is 2.04. The number of nitrogens with one attached hydrogen (secondary N) is 1. The molecular formula is C9H6Cl2N2O. The average molecular weight is 229 g/mol. The first-order valence-corrected chi connectivity index (χ1v) is 4.65. The normalized spacial score (nSPS) is 10.4. The molecule has 0 amide bonds. The number of halogens is 2. The number of imidazole rings is 1. The molecule has 0 unspecified atom stereocenters. The Morgan fingerprint density at radius 1 is 1.29 bits per heavy atom. The van der Waals surface area contributed by atoms with Crippen molar-refractivity contribution in [1.82, 2.24) is 9.55 Å². The smallest absolute Gasteiger partial charge is 0.312 e. The molecule has 0 aliphatic heterocycles. The molecule has 1 heterocycles. The van der Waals surface area contributed by atoms with Crippen molar-refractivity contribution < 1.29 is 0 Å². The third kappa shape index (κ3) is 1.56. The van der Waals surface area contributed by atoms with E-state index in [2.05, 4.69) is 4.98 Å². The maximum Gasteiger partial charge on any atom is 0.330 e. The molecule has 1 N–H and O–H groups in total. The summed E-state index contributed by atoms with van der Waals surface area (Å²) in [4.78, 5) is 13.8. The molecule has 0 saturated heterocycles. The van der Waals surface area contributed by atoms with Gasteiger partial charge in [0.1, 0.15) is 0 Å². The van der Waals surface area contributed by atoms with Gasteiger partial charge in [-0.25, -0.2) is 4.79 Å². The highest BCUT2D eigenvalue weighted by atomic mass is 35.5. The van der Waals surface area contributed by atoms with Gasteiger partial charge in [0.25, 0.3) is 0 Å². The molecule has 0 fully saturated rings. The molecule has 5 heteroatoms. The lowest BCUT2D eigenvalue weighted by atomic mass is 10.3. The van der Waals surface area contributed by atoms with Crippen molar-refractivity contribution in [2.75, 3.05) is 0 Å². The van der Waals surface area contributed by atoms with Crippen molar-refractivity contribution in [3.8, 4) is 5.69 Å². The second-order valence-electron chi connectivity index (χ2n) is 2.73. The van der Waals surface area contributed by atoms with Gasteiger partial charge in [0.2, 0.25) is 0 Å². The van der Waals surface area contributed by atoms with Crippen molar-refractivity contribution in [2.24, 2.45) is 0 Å². The molecule has 1 aromatic heterocycles. The molecule has 2 rings (SSSR count). The van der Waals surface area contributed by atoms with Crippen molar-refractivity contribution in [2.45, 2.75) is 0 Å². The van der Waals surface area contributed by atoms with Gasteiger partial charge in [-0.05, 0) is 18.2 Å². The van der Waals surface area contributed by atoms with E-state index in [1.54, 1.807) is 30.6 Å². The van der Waals surface area contributed by atoms with Gasteiger partial charge in [-0.3, -0.25) is 4.57 Å². The summed E-state index contributed by atoms with van der Waals surface area (Å²) in [7, 11) is 0. The van der Waals surface area contributed by atoms with Crippen molar-refractivity contribution >= 4 is 23.2 Å². The fourth-order valence-electron chi connectivity index (χ4n) is 1.19. The predicted octanol–water partition coefficient (Wildman–Crippen LogP) is 2.47. The van der Waals surface area contributed by atoms with Crippen LogP contribution in [0.4, 0.5) is 0 Å². The van der Waals surface area contributed by atoms with E-state index in [0.717, 1.165) is 0 Å². The second-order valence-corrected chi connectivity index (χ2v) is 3.57. The van der Waals surface area contributed by atoms with E-state index in [4.69, 9.17) is 23.2 Å². The first kappa shape index (κ1) is 9.37. The summed E-state index contributed by atoms with van der Waals surface area (Å²) in [6.45, 7) is 0. The molecule has 0 saturated carbocycles. The fraction of sp³-hybridized carbons (Fsp3) is 0. The number of H-pyrrole nitrogens is 1. The van der Waals surface area contributed by atoms with E-state index in [-0.39, 0.29) is 5.69 Å². The van der Waals surface area contributed by atoms with Gasteiger partial charge in [0, 0.05) is 17.4 Å². The number of aromatic nitrogens is 2. The third-order valence-electron chi connectivity index (χ3n) is 1.82. The Labute approximate surface area is 89.9 Å². The third-order valence-corrected chi connectivity index (χ3v) is 2.36. The van der Waals surface area contributed by atoms with Gasteiger partial charge >= 0.3 is 5.69 Å². The lowest BCUT2D eigenvalue weighted by Gasteiger charge is -2.03. The molecule has 0 spiro atoms. The van der Waals surface area contributed by atoms with Gasteiger partial charge in [-0.1, -0.05) is 23.2 Å². The predicted molar refractivity (Wildman–Crippen MR) is 56.4 cm³/mol. The lowest BCUT2D eigenvalue weighted by Crippen LogP contribution is -2.14. The summed E-state index contributed by atoms with van der Waals surface area (Å²) in [5.74, 6) is 0. The zero-order chi connectivity index (χ0) is 10.1. The molecule has 72 valence electrons. The minimum absolute atomic E-state index is 0.228. The molecule has 0 aliphatic rings. The van der Waals surface area contributed by atoms with Crippen LogP contribution < -0.4 is 5.69 Å². The van der Waals surface area contributed by atoms with E-state index >= 15 is 0 Å². The molecule has 0 atom stereocenters. The van der Waals surface area contributed by atoms with E-state index in [0.29, 0.717) is 15.7 Å². The first-order valence-electron chi connectivity index (χ1n) is 3.90. The van der Waals surface area contributed by atoms with Crippen LogP contribution in [0.15, 0.2) is 35.4 Å². The Hall–Kier alpha value is -1.19. The Morgan fingerprint density at radius 2 is 2.07 bits per heavy atom. The van der Waals surface area contributed by atoms with E-state index in [1.807, 2.05) is 0 Å². The number of benzene rings is 1. The van der Waals surface area contributed by atoms with E-state index in [9.17, 15) is 4.79 Å². The van der Waals surface area contributed by atoms with Gasteiger partial charge in [0.15, 0.2) is 0 Å². The summed E-state index contributed by atoms with van der Waals surface area (Å²) in [5, 5.41) is 0.988. The number of aromatic amines is 1. The largest absolute Gasteiger partial charge is 0.330 e. The second kappa shape index (κ2) is 3.52. The molecule has 14 heavy (non-hydrogen) atoms. The number of hydrogen-bond acceptors (Lipinski definition) is 1. The fourth-order valence-corrected chi connectivity index (χ4v) is 1.69. The Bertz CT molecular complexity index is 516. The number of nitrogens with zero attached hydrogens (tertiary/aromatic N) is 1. The summed E-state index contributed by atoms with van der Waals surface area (Å²) >= 11 is 11.7. The molecule has 0 aliphatic carbocycles. The quantitative estimate of drug-likeness (QED) is 0.801. The summed E-state index contributed by atoms with van der Waals surface area (Å²) in [5.41, 5.74) is 0.386. The van der Waals surface area contributed by atoms with Gasteiger partial charge in [0.05, 0.1) is 10.7 Å². The van der Waals surface area contributed by atoms with E-state index in [1.165, 1.54) is 4.57 Å². The molecule has 1 aromatic carbocycles. The van der Waals surface area contributed by atoms with Crippen LogP contribution in [0, 0.1) is 0 Å². The van der Waals surface area contributed by atoms with E-state index < -0.39 is 0 Å². The number of hydrogen-bond donors (Lipinski definition) is 1. The van der Waals surface area contributed by atoms with Gasteiger partial charge < -0.3 is 4.98 Å². The van der Waals surface area contributed by atoms with Gasteiger partial charge in [-0.15, -0.1) is 0 Å². The van der Waals surface area contributed by atoms with Crippen LogP contribution in [-0.2, 0) is 0 Å². The lowest BCUT2D eigenvalue weighted by molar-refractivity contribution is 0.988. The standard InChI is InChI=1S/C9H6Cl2N2O/c10-6-1-2-8(7(11)5-6)13-4-3-12-9(13)14/h1-5H,(H,12,14). The van der Waals surface area contributed by atoms with Crippen molar-refractivity contribution in [3.05, 3.63) is 51.1 Å². The highest BCUT2D eigenvalue weighted by molar-refractivity contribution is 6.35. The molecule has 0 radical (unpaired) electrons. The Kier molecular flexibility index (Phi) is 2.35. The SMILES string of the molecule is O=c1[nH]ccn1-c1ccc(Cl)cc1Cl. The van der Waals surface area contributed by atoms with Crippen molar-refractivity contribution in [3.63, 3.8) is 0 Å². The zero-order valence-corrected chi connectivity index (χ0v) is 8.51. The Morgan fingerprint density at radius 3 is 2.64 bits per heavy atom.